The summed E-state index contributed by atoms with van der Waals surface area (Å²) in [7, 11) is 0. The quantitative estimate of drug-likeness (QED) is 0.327. The van der Waals surface area contributed by atoms with Crippen molar-refractivity contribution < 1.29 is 24.0 Å². The Morgan fingerprint density at radius 1 is 1.23 bits per heavy atom. The average Bonchev–Trinajstić information content (AvgIpc) is 3.14. The molecule has 26 heavy (non-hydrogen) atoms. The van der Waals surface area contributed by atoms with Gasteiger partial charge in [-0.2, -0.15) is 0 Å². The topological polar surface area (TPSA) is 116 Å². The highest BCUT2D eigenvalue weighted by Crippen LogP contribution is 2.17. The number of ketones is 1. The highest BCUT2D eigenvalue weighted by Gasteiger charge is 2.19. The molecule has 9 heteroatoms. The van der Waals surface area contributed by atoms with E-state index >= 15 is 0 Å². The standard InChI is InChI=1S/C17H16N2O6S/c1-11(17(22)18-12-4-2-5-13(10-12)19(23)24)25-16(21)8-7-14(20)15-6-3-9-26-15/h2-6,9-11H,7-8H2,1H3,(H,18,22). The number of anilines is 1. The van der Waals surface area contributed by atoms with Crippen molar-refractivity contribution in [2.75, 3.05) is 5.32 Å². The van der Waals surface area contributed by atoms with Gasteiger partial charge in [-0.15, -0.1) is 11.3 Å². The number of benzene rings is 1. The van der Waals surface area contributed by atoms with E-state index in [2.05, 4.69) is 5.32 Å². The number of nitro groups is 1. The Morgan fingerprint density at radius 2 is 2.00 bits per heavy atom. The lowest BCUT2D eigenvalue weighted by atomic mass is 10.2. The SMILES string of the molecule is CC(OC(=O)CCC(=O)c1cccs1)C(=O)Nc1cccc([N+](=O)[O-])c1. The van der Waals surface area contributed by atoms with Crippen LogP contribution in [0.25, 0.3) is 0 Å². The minimum atomic E-state index is -1.10. The highest BCUT2D eigenvalue weighted by molar-refractivity contribution is 7.12. The molecule has 2 aromatic rings. The molecule has 0 saturated heterocycles. The van der Waals surface area contributed by atoms with Gasteiger partial charge >= 0.3 is 5.97 Å². The molecule has 0 fully saturated rings. The molecular weight excluding hydrogens is 360 g/mol. The summed E-state index contributed by atoms with van der Waals surface area (Å²) >= 11 is 1.29. The molecule has 2 rings (SSSR count). The molecule has 136 valence electrons. The van der Waals surface area contributed by atoms with Crippen LogP contribution in [0.4, 0.5) is 11.4 Å². The maximum absolute atomic E-state index is 12.0. The summed E-state index contributed by atoms with van der Waals surface area (Å²) in [5.74, 6) is -1.45. The van der Waals surface area contributed by atoms with E-state index in [9.17, 15) is 24.5 Å². The van der Waals surface area contributed by atoms with Gasteiger partial charge in [0.15, 0.2) is 11.9 Å². The molecule has 8 nitrogen and oxygen atoms in total. The summed E-state index contributed by atoms with van der Waals surface area (Å²) in [5, 5.41) is 14.9. The van der Waals surface area contributed by atoms with Crippen LogP contribution in [0.1, 0.15) is 29.4 Å². The molecule has 1 atom stereocenters. The van der Waals surface area contributed by atoms with Crippen molar-refractivity contribution in [1.29, 1.82) is 0 Å². The molecule has 0 bridgehead atoms. The third-order valence-electron chi connectivity index (χ3n) is 3.35. The van der Waals surface area contributed by atoms with Crippen LogP contribution in [0.15, 0.2) is 41.8 Å². The molecule has 1 aromatic carbocycles. The number of Topliss-reactive ketones (excluding diaryl/α,β-unsaturated/α-hetero) is 1. The van der Waals surface area contributed by atoms with E-state index in [4.69, 9.17) is 4.74 Å². The Balaban J connectivity index is 1.82. The van der Waals surface area contributed by atoms with Crippen molar-refractivity contribution in [1.82, 2.24) is 0 Å². The van der Waals surface area contributed by atoms with Gasteiger partial charge in [0.2, 0.25) is 0 Å². The van der Waals surface area contributed by atoms with Crippen molar-refractivity contribution >= 4 is 40.4 Å². The maximum Gasteiger partial charge on any atom is 0.307 e. The van der Waals surface area contributed by atoms with Gasteiger partial charge in [0, 0.05) is 24.2 Å². The number of nitrogens with zero attached hydrogens (tertiary/aromatic N) is 1. The second-order valence-corrected chi connectivity index (χ2v) is 6.28. The zero-order valence-corrected chi connectivity index (χ0v) is 14.7. The van der Waals surface area contributed by atoms with E-state index in [1.807, 2.05) is 0 Å². The van der Waals surface area contributed by atoms with E-state index in [0.717, 1.165) is 0 Å². The Hall–Kier alpha value is -3.07. The molecule has 0 spiro atoms. The molecule has 1 amide bonds. The van der Waals surface area contributed by atoms with Crippen LogP contribution in [0.3, 0.4) is 0 Å². The van der Waals surface area contributed by atoms with Gasteiger partial charge in [-0.25, -0.2) is 0 Å². The fraction of sp³-hybridized carbons (Fsp3) is 0.235. The third-order valence-corrected chi connectivity index (χ3v) is 4.27. The van der Waals surface area contributed by atoms with Gasteiger partial charge in [0.05, 0.1) is 16.2 Å². The number of hydrogen-bond acceptors (Lipinski definition) is 7. The van der Waals surface area contributed by atoms with E-state index in [0.29, 0.717) is 4.88 Å². The Kier molecular flexibility index (Phi) is 6.56. The van der Waals surface area contributed by atoms with Crippen molar-refractivity contribution in [3.8, 4) is 0 Å². The number of amides is 1. The van der Waals surface area contributed by atoms with Gasteiger partial charge in [-0.1, -0.05) is 12.1 Å². The molecule has 0 aliphatic carbocycles. The largest absolute Gasteiger partial charge is 0.453 e. The number of hydrogen-bond donors (Lipinski definition) is 1. The zero-order valence-electron chi connectivity index (χ0n) is 13.8. The molecule has 1 unspecified atom stereocenters. The van der Waals surface area contributed by atoms with Crippen LogP contribution in [0.2, 0.25) is 0 Å². The number of ether oxygens (including phenoxy) is 1. The molecule has 1 N–H and O–H groups in total. The first kappa shape index (κ1) is 19.3. The Bertz CT molecular complexity index is 818. The first-order valence-corrected chi connectivity index (χ1v) is 8.56. The van der Waals surface area contributed by atoms with Crippen LogP contribution in [0.5, 0.6) is 0 Å². The van der Waals surface area contributed by atoms with Crippen LogP contribution < -0.4 is 5.32 Å². The first-order chi connectivity index (χ1) is 12.4. The van der Waals surface area contributed by atoms with E-state index in [1.165, 1.54) is 42.5 Å². The van der Waals surface area contributed by atoms with E-state index < -0.39 is 22.9 Å². The number of nitro benzene ring substituents is 1. The highest BCUT2D eigenvalue weighted by atomic mass is 32.1. The van der Waals surface area contributed by atoms with Gasteiger partial charge in [0.25, 0.3) is 11.6 Å². The van der Waals surface area contributed by atoms with Crippen LogP contribution in [0, 0.1) is 10.1 Å². The molecule has 0 radical (unpaired) electrons. The summed E-state index contributed by atoms with van der Waals surface area (Å²) in [4.78, 5) is 46.4. The number of rotatable bonds is 8. The number of esters is 1. The van der Waals surface area contributed by atoms with Crippen molar-refractivity contribution in [2.24, 2.45) is 0 Å². The number of carbonyl (C=O) groups excluding carboxylic acids is 3. The summed E-state index contributed by atoms with van der Waals surface area (Å²) in [5.41, 5.74) is 0.0551. The average molecular weight is 376 g/mol. The van der Waals surface area contributed by atoms with Crippen LogP contribution >= 0.6 is 11.3 Å². The summed E-state index contributed by atoms with van der Waals surface area (Å²) < 4.78 is 5.00. The summed E-state index contributed by atoms with van der Waals surface area (Å²) in [6, 6.07) is 8.83. The lowest BCUT2D eigenvalue weighted by Crippen LogP contribution is -2.30. The molecule has 1 heterocycles. The second-order valence-electron chi connectivity index (χ2n) is 5.33. The van der Waals surface area contributed by atoms with Gasteiger partial charge in [0.1, 0.15) is 0 Å². The minimum Gasteiger partial charge on any atom is -0.453 e. The van der Waals surface area contributed by atoms with Crippen molar-refractivity contribution in [3.63, 3.8) is 0 Å². The molecule has 0 aliphatic heterocycles. The van der Waals surface area contributed by atoms with E-state index in [-0.39, 0.29) is 30.0 Å². The zero-order chi connectivity index (χ0) is 19.1. The lowest BCUT2D eigenvalue weighted by Gasteiger charge is -2.13. The predicted octanol–water partition coefficient (Wildman–Crippen LogP) is 3.19. The van der Waals surface area contributed by atoms with E-state index in [1.54, 1.807) is 17.5 Å². The lowest BCUT2D eigenvalue weighted by molar-refractivity contribution is -0.384. The first-order valence-electron chi connectivity index (χ1n) is 7.68. The monoisotopic (exact) mass is 376 g/mol. The van der Waals surface area contributed by atoms with Gasteiger partial charge < -0.3 is 10.1 Å². The van der Waals surface area contributed by atoms with Crippen molar-refractivity contribution in [3.05, 3.63) is 56.8 Å². The van der Waals surface area contributed by atoms with Crippen molar-refractivity contribution in [2.45, 2.75) is 25.9 Å². The van der Waals surface area contributed by atoms with Crippen LogP contribution in [-0.2, 0) is 14.3 Å². The second kappa shape index (κ2) is 8.86. The predicted molar refractivity (Wildman–Crippen MR) is 95.2 cm³/mol. The molecule has 0 aliphatic rings. The van der Waals surface area contributed by atoms with Gasteiger partial charge in [-0.05, 0) is 24.4 Å². The van der Waals surface area contributed by atoms with Crippen LogP contribution in [-0.4, -0.2) is 28.7 Å². The Morgan fingerprint density at radius 3 is 2.65 bits per heavy atom. The smallest absolute Gasteiger partial charge is 0.307 e. The normalized spacial score (nSPS) is 11.4. The fourth-order valence-corrected chi connectivity index (χ4v) is 2.72. The molecular formula is C17H16N2O6S. The number of nitrogens with one attached hydrogen (secondary N) is 1. The summed E-state index contributed by atoms with van der Waals surface area (Å²) in [6.07, 6.45) is -1.23. The maximum atomic E-state index is 12.0. The van der Waals surface area contributed by atoms with Gasteiger partial charge in [-0.3, -0.25) is 24.5 Å². The molecule has 1 aromatic heterocycles. The Labute approximate surface area is 152 Å². The third kappa shape index (κ3) is 5.49. The number of non-ortho nitro benzene ring substituents is 1. The number of thiophene rings is 1. The molecule has 0 saturated carbocycles. The minimum absolute atomic E-state index is 0.00142. The number of carbonyl (C=O) groups is 3. The fourth-order valence-electron chi connectivity index (χ4n) is 2.03. The summed E-state index contributed by atoms with van der Waals surface area (Å²) in [6.45, 7) is 1.38.